The summed E-state index contributed by atoms with van der Waals surface area (Å²) in [6, 6.07) is 9.67. The summed E-state index contributed by atoms with van der Waals surface area (Å²) in [5.74, 6) is 1.09. The van der Waals surface area contributed by atoms with E-state index in [1.54, 1.807) is 12.3 Å². The molecule has 106 valence electrons. The first-order chi connectivity index (χ1) is 10.2. The van der Waals surface area contributed by atoms with Crippen molar-refractivity contribution >= 4 is 55.9 Å². The van der Waals surface area contributed by atoms with E-state index in [-0.39, 0.29) is 0 Å². The molecule has 3 rings (SSSR count). The number of benzene rings is 1. The second-order valence-corrected chi connectivity index (χ2v) is 6.01. The molecule has 0 aliphatic carbocycles. The second-order valence-electron chi connectivity index (χ2n) is 4.32. The lowest BCUT2D eigenvalue weighted by Crippen LogP contribution is -2.00. The SMILES string of the molecule is CSc1nc(N)cc(Nc2cccc3cc(Br)cnc23)n1. The van der Waals surface area contributed by atoms with Gasteiger partial charge in [0.25, 0.3) is 0 Å². The number of nitrogens with one attached hydrogen (secondary N) is 1. The van der Waals surface area contributed by atoms with E-state index in [2.05, 4.69) is 36.2 Å². The zero-order valence-corrected chi connectivity index (χ0v) is 13.6. The number of hydrogen-bond donors (Lipinski definition) is 2. The number of thioether (sulfide) groups is 1. The molecule has 0 aliphatic heterocycles. The number of rotatable bonds is 3. The molecule has 0 saturated heterocycles. The van der Waals surface area contributed by atoms with Gasteiger partial charge in [0, 0.05) is 22.1 Å². The van der Waals surface area contributed by atoms with Crippen LogP contribution in [0.2, 0.25) is 0 Å². The molecule has 1 aromatic carbocycles. The maximum Gasteiger partial charge on any atom is 0.191 e. The molecule has 7 heteroatoms. The number of nitrogens with two attached hydrogens (primary N) is 1. The molecule has 2 aromatic heterocycles. The molecule has 0 spiro atoms. The van der Waals surface area contributed by atoms with Crippen LogP contribution in [0.1, 0.15) is 0 Å². The first-order valence-corrected chi connectivity index (χ1v) is 8.17. The Balaban J connectivity index is 2.04. The third-order valence-corrected chi connectivity index (χ3v) is 3.83. The molecule has 3 aromatic rings. The van der Waals surface area contributed by atoms with E-state index in [1.807, 2.05) is 30.5 Å². The van der Waals surface area contributed by atoms with Gasteiger partial charge in [-0.2, -0.15) is 0 Å². The standard InChI is InChI=1S/C14H12BrN5S/c1-21-14-19-11(16)6-12(20-14)18-10-4-2-3-8-5-9(15)7-17-13(8)10/h2-7H,1H3,(H3,16,18,19,20). The van der Waals surface area contributed by atoms with Gasteiger partial charge >= 0.3 is 0 Å². The van der Waals surface area contributed by atoms with Crippen LogP contribution in [0.25, 0.3) is 10.9 Å². The van der Waals surface area contributed by atoms with Crippen LogP contribution < -0.4 is 11.1 Å². The summed E-state index contributed by atoms with van der Waals surface area (Å²) in [6.07, 6.45) is 3.69. The monoisotopic (exact) mass is 361 g/mol. The van der Waals surface area contributed by atoms with Crippen LogP contribution in [0.5, 0.6) is 0 Å². The van der Waals surface area contributed by atoms with Gasteiger partial charge in [-0.25, -0.2) is 9.97 Å². The first kappa shape index (κ1) is 14.1. The predicted octanol–water partition coefficient (Wildman–Crippen LogP) is 3.84. The van der Waals surface area contributed by atoms with Crippen LogP contribution in [0.4, 0.5) is 17.3 Å². The smallest absolute Gasteiger partial charge is 0.191 e. The predicted molar refractivity (Wildman–Crippen MR) is 91.0 cm³/mol. The van der Waals surface area contributed by atoms with E-state index in [4.69, 9.17) is 5.73 Å². The van der Waals surface area contributed by atoms with Crippen molar-refractivity contribution < 1.29 is 0 Å². The van der Waals surface area contributed by atoms with E-state index >= 15 is 0 Å². The molecule has 0 saturated carbocycles. The van der Waals surface area contributed by atoms with Crippen molar-refractivity contribution in [3.05, 3.63) is 41.0 Å². The van der Waals surface area contributed by atoms with E-state index < -0.39 is 0 Å². The van der Waals surface area contributed by atoms with Gasteiger partial charge < -0.3 is 11.1 Å². The lowest BCUT2D eigenvalue weighted by Gasteiger charge is -2.10. The normalized spacial score (nSPS) is 10.8. The van der Waals surface area contributed by atoms with Gasteiger partial charge in [-0.15, -0.1) is 0 Å². The van der Waals surface area contributed by atoms with Crippen LogP contribution in [0.15, 0.2) is 46.2 Å². The molecular formula is C14H12BrN5S. The van der Waals surface area contributed by atoms with Gasteiger partial charge in [0.15, 0.2) is 5.16 Å². The van der Waals surface area contributed by atoms with Gasteiger partial charge in [0.1, 0.15) is 11.6 Å². The Labute approximate surface area is 134 Å². The van der Waals surface area contributed by atoms with Crippen LogP contribution in [0.3, 0.4) is 0 Å². The lowest BCUT2D eigenvalue weighted by molar-refractivity contribution is 0.984. The third-order valence-electron chi connectivity index (χ3n) is 2.85. The van der Waals surface area contributed by atoms with Gasteiger partial charge in [-0.05, 0) is 34.3 Å². The Morgan fingerprint density at radius 1 is 1.24 bits per heavy atom. The number of fused-ring (bicyclic) bond motifs is 1. The number of pyridine rings is 1. The van der Waals surface area contributed by atoms with Gasteiger partial charge in [0.2, 0.25) is 0 Å². The number of nitrogens with zero attached hydrogens (tertiary/aromatic N) is 3. The van der Waals surface area contributed by atoms with E-state index in [1.165, 1.54) is 11.8 Å². The summed E-state index contributed by atoms with van der Waals surface area (Å²) in [7, 11) is 0. The van der Waals surface area contributed by atoms with Crippen molar-refractivity contribution in [1.29, 1.82) is 0 Å². The molecule has 21 heavy (non-hydrogen) atoms. The first-order valence-electron chi connectivity index (χ1n) is 6.15. The van der Waals surface area contributed by atoms with E-state index in [0.29, 0.717) is 16.8 Å². The molecule has 0 bridgehead atoms. The highest BCUT2D eigenvalue weighted by Gasteiger charge is 2.06. The fraction of sp³-hybridized carbons (Fsp3) is 0.0714. The van der Waals surface area contributed by atoms with Crippen molar-refractivity contribution in [1.82, 2.24) is 15.0 Å². The molecule has 0 aliphatic rings. The summed E-state index contributed by atoms with van der Waals surface area (Å²) < 4.78 is 0.947. The Morgan fingerprint density at radius 2 is 2.10 bits per heavy atom. The summed E-state index contributed by atoms with van der Waals surface area (Å²) >= 11 is 4.88. The van der Waals surface area contributed by atoms with Crippen molar-refractivity contribution in [3.8, 4) is 0 Å². The summed E-state index contributed by atoms with van der Waals surface area (Å²) in [6.45, 7) is 0. The highest BCUT2D eigenvalue weighted by molar-refractivity contribution is 9.10. The van der Waals surface area contributed by atoms with Crippen molar-refractivity contribution in [3.63, 3.8) is 0 Å². The minimum absolute atomic E-state index is 0.438. The maximum absolute atomic E-state index is 5.79. The second kappa shape index (κ2) is 5.87. The molecule has 3 N–H and O–H groups in total. The number of nitrogen functional groups attached to an aromatic ring is 1. The topological polar surface area (TPSA) is 76.7 Å². The Kier molecular flexibility index (Phi) is 3.94. The molecule has 5 nitrogen and oxygen atoms in total. The molecule has 2 heterocycles. The Morgan fingerprint density at radius 3 is 2.90 bits per heavy atom. The quantitative estimate of drug-likeness (QED) is 0.545. The lowest BCUT2D eigenvalue weighted by atomic mass is 10.2. The number of hydrogen-bond acceptors (Lipinski definition) is 6. The highest BCUT2D eigenvalue weighted by atomic mass is 79.9. The third kappa shape index (κ3) is 3.08. The van der Waals surface area contributed by atoms with E-state index in [0.717, 1.165) is 21.1 Å². The summed E-state index contributed by atoms with van der Waals surface area (Å²) in [4.78, 5) is 13.0. The van der Waals surface area contributed by atoms with Crippen molar-refractivity contribution in [2.24, 2.45) is 0 Å². The highest BCUT2D eigenvalue weighted by Crippen LogP contribution is 2.27. The molecule has 0 amide bonds. The van der Waals surface area contributed by atoms with Crippen LogP contribution in [0, 0.1) is 0 Å². The molecule has 0 unspecified atom stereocenters. The zero-order valence-electron chi connectivity index (χ0n) is 11.2. The number of halogens is 1. The average molecular weight is 362 g/mol. The number of para-hydroxylation sites is 1. The van der Waals surface area contributed by atoms with Crippen molar-refractivity contribution in [2.45, 2.75) is 5.16 Å². The zero-order chi connectivity index (χ0) is 14.8. The van der Waals surface area contributed by atoms with Crippen LogP contribution >= 0.6 is 27.7 Å². The summed E-state index contributed by atoms with van der Waals surface area (Å²) in [5, 5.41) is 4.94. The largest absolute Gasteiger partial charge is 0.383 e. The van der Waals surface area contributed by atoms with E-state index in [9.17, 15) is 0 Å². The van der Waals surface area contributed by atoms with Crippen LogP contribution in [-0.2, 0) is 0 Å². The Bertz CT molecular complexity index is 808. The fourth-order valence-corrected chi connectivity index (χ4v) is 2.71. The fourth-order valence-electron chi connectivity index (χ4n) is 1.97. The van der Waals surface area contributed by atoms with Gasteiger partial charge in [0.05, 0.1) is 11.2 Å². The number of anilines is 3. The van der Waals surface area contributed by atoms with Crippen LogP contribution in [-0.4, -0.2) is 21.2 Å². The minimum atomic E-state index is 0.438. The van der Waals surface area contributed by atoms with Gasteiger partial charge in [-0.3, -0.25) is 4.98 Å². The average Bonchev–Trinajstić information content (AvgIpc) is 2.46. The van der Waals surface area contributed by atoms with Crippen molar-refractivity contribution in [2.75, 3.05) is 17.3 Å². The molecule has 0 radical (unpaired) electrons. The molecule has 0 atom stereocenters. The van der Waals surface area contributed by atoms with Gasteiger partial charge in [-0.1, -0.05) is 23.9 Å². The summed E-state index contributed by atoms with van der Waals surface area (Å²) in [5.41, 5.74) is 7.55. The minimum Gasteiger partial charge on any atom is -0.383 e. The number of aromatic nitrogens is 3. The Hall–Kier alpha value is -1.86. The molecule has 0 fully saturated rings. The maximum atomic E-state index is 5.79. The molecular weight excluding hydrogens is 350 g/mol.